The maximum atomic E-state index is 12.8. The first-order valence-corrected chi connectivity index (χ1v) is 8.52. The zero-order valence-corrected chi connectivity index (χ0v) is 14.9. The Balaban J connectivity index is 1.50. The van der Waals surface area contributed by atoms with Crippen LogP contribution in [0.4, 0.5) is 4.79 Å². The fourth-order valence-corrected chi connectivity index (χ4v) is 3.05. The van der Waals surface area contributed by atoms with E-state index in [1.165, 1.54) is 0 Å². The van der Waals surface area contributed by atoms with Crippen molar-refractivity contribution in [3.63, 3.8) is 0 Å². The normalized spacial score (nSPS) is 19.6. The lowest BCUT2D eigenvalue weighted by Gasteiger charge is -2.18. The van der Waals surface area contributed by atoms with E-state index in [9.17, 15) is 9.59 Å². The number of hydrogen-bond acceptors (Lipinski definition) is 6. The number of urea groups is 1. The molecular formula is C19H18N4O4. The number of rotatable bonds is 5. The number of carbonyl (C=O) groups is 2. The Kier molecular flexibility index (Phi) is 4.02. The fourth-order valence-electron chi connectivity index (χ4n) is 3.05. The van der Waals surface area contributed by atoms with Crippen molar-refractivity contribution in [2.24, 2.45) is 0 Å². The molecule has 1 saturated heterocycles. The lowest BCUT2D eigenvalue weighted by molar-refractivity contribution is -0.132. The second-order valence-electron chi connectivity index (χ2n) is 6.62. The van der Waals surface area contributed by atoms with Crippen molar-refractivity contribution in [3.05, 3.63) is 71.3 Å². The van der Waals surface area contributed by atoms with E-state index in [4.69, 9.17) is 8.94 Å². The number of amides is 3. The molecule has 8 heteroatoms. The van der Waals surface area contributed by atoms with Gasteiger partial charge in [0.15, 0.2) is 11.4 Å². The Morgan fingerprint density at radius 1 is 1.15 bits per heavy atom. The third-order valence-electron chi connectivity index (χ3n) is 4.52. The maximum absolute atomic E-state index is 12.8. The SMILES string of the molecule is Cc1ccc([C@]2(C)NC(=O)N(Cc3nc(Cc4ccccc4)no3)C2=O)o1. The van der Waals surface area contributed by atoms with Gasteiger partial charge in [-0.15, -0.1) is 0 Å². The first-order chi connectivity index (χ1) is 13.0. The number of hydrogen-bond donors (Lipinski definition) is 1. The van der Waals surface area contributed by atoms with Crippen LogP contribution in [0.2, 0.25) is 0 Å². The average molecular weight is 366 g/mol. The molecule has 1 aliphatic rings. The van der Waals surface area contributed by atoms with Gasteiger partial charge in [-0.1, -0.05) is 35.5 Å². The summed E-state index contributed by atoms with van der Waals surface area (Å²) in [5.41, 5.74) is -0.210. The molecule has 8 nitrogen and oxygen atoms in total. The third kappa shape index (κ3) is 3.10. The van der Waals surface area contributed by atoms with E-state index in [0.717, 1.165) is 10.5 Å². The summed E-state index contributed by atoms with van der Waals surface area (Å²) in [5, 5.41) is 6.61. The van der Waals surface area contributed by atoms with Crippen molar-refractivity contribution in [2.75, 3.05) is 0 Å². The molecule has 1 aromatic carbocycles. The topological polar surface area (TPSA) is 101 Å². The van der Waals surface area contributed by atoms with Crippen LogP contribution in [0, 0.1) is 6.92 Å². The Hall–Kier alpha value is -3.42. The van der Waals surface area contributed by atoms with Gasteiger partial charge in [0, 0.05) is 6.42 Å². The molecule has 1 N–H and O–H groups in total. The summed E-state index contributed by atoms with van der Waals surface area (Å²) in [7, 11) is 0. The largest absolute Gasteiger partial charge is 0.463 e. The van der Waals surface area contributed by atoms with Gasteiger partial charge in [-0.25, -0.2) is 4.79 Å². The highest BCUT2D eigenvalue weighted by Gasteiger charge is 2.51. The van der Waals surface area contributed by atoms with Crippen LogP contribution in [0.1, 0.15) is 35.7 Å². The minimum absolute atomic E-state index is 0.0955. The molecule has 27 heavy (non-hydrogen) atoms. The summed E-state index contributed by atoms with van der Waals surface area (Å²) < 4.78 is 10.8. The first kappa shape index (κ1) is 17.0. The van der Waals surface area contributed by atoms with Crippen LogP contribution in [0.15, 0.2) is 51.4 Å². The van der Waals surface area contributed by atoms with Gasteiger partial charge < -0.3 is 14.3 Å². The summed E-state index contributed by atoms with van der Waals surface area (Å²) in [5.74, 6) is 1.31. The maximum Gasteiger partial charge on any atom is 0.325 e. The van der Waals surface area contributed by atoms with Crippen molar-refractivity contribution in [3.8, 4) is 0 Å². The van der Waals surface area contributed by atoms with Gasteiger partial charge in [0.2, 0.25) is 5.89 Å². The standard InChI is InChI=1S/C19H18N4O4/c1-12-8-9-14(26-12)19(2)17(24)23(18(25)21-19)11-16-20-15(22-27-16)10-13-6-4-3-5-7-13/h3-9H,10-11H2,1-2H3,(H,21,25)/t19-/m0/s1. The average Bonchev–Trinajstić information content (AvgIpc) is 3.33. The van der Waals surface area contributed by atoms with Crippen LogP contribution in [0.3, 0.4) is 0 Å². The van der Waals surface area contributed by atoms with Crippen LogP contribution >= 0.6 is 0 Å². The number of nitrogens with one attached hydrogen (secondary N) is 1. The zero-order chi connectivity index (χ0) is 19.0. The molecule has 4 rings (SSSR count). The molecule has 138 valence electrons. The Labute approximate surface area is 155 Å². The van der Waals surface area contributed by atoms with Gasteiger partial charge >= 0.3 is 6.03 Å². The molecule has 2 aromatic heterocycles. The van der Waals surface area contributed by atoms with Crippen LogP contribution < -0.4 is 5.32 Å². The molecule has 0 spiro atoms. The fraction of sp³-hybridized carbons (Fsp3) is 0.263. The summed E-state index contributed by atoms with van der Waals surface area (Å²) >= 11 is 0. The monoisotopic (exact) mass is 366 g/mol. The van der Waals surface area contributed by atoms with E-state index < -0.39 is 17.5 Å². The highest BCUT2D eigenvalue weighted by atomic mass is 16.5. The number of benzene rings is 1. The van der Waals surface area contributed by atoms with Gasteiger partial charge in [0.25, 0.3) is 5.91 Å². The molecular weight excluding hydrogens is 348 g/mol. The molecule has 0 aliphatic carbocycles. The molecule has 0 saturated carbocycles. The Morgan fingerprint density at radius 3 is 2.63 bits per heavy atom. The zero-order valence-electron chi connectivity index (χ0n) is 14.9. The molecule has 0 unspecified atom stereocenters. The number of nitrogens with zero attached hydrogens (tertiary/aromatic N) is 3. The minimum atomic E-state index is -1.25. The highest BCUT2D eigenvalue weighted by molar-refractivity contribution is 6.06. The van der Waals surface area contributed by atoms with E-state index in [0.29, 0.717) is 23.8 Å². The van der Waals surface area contributed by atoms with Crippen LogP contribution in [0.25, 0.3) is 0 Å². The van der Waals surface area contributed by atoms with Crippen molar-refractivity contribution < 1.29 is 18.5 Å². The van der Waals surface area contributed by atoms with Gasteiger partial charge in [0.1, 0.15) is 18.1 Å². The van der Waals surface area contributed by atoms with Crippen molar-refractivity contribution in [2.45, 2.75) is 32.4 Å². The predicted molar refractivity (Wildman–Crippen MR) is 93.4 cm³/mol. The molecule has 0 radical (unpaired) electrons. The number of carbonyl (C=O) groups excluding carboxylic acids is 2. The van der Waals surface area contributed by atoms with E-state index in [1.807, 2.05) is 30.3 Å². The van der Waals surface area contributed by atoms with Gasteiger partial charge in [-0.3, -0.25) is 9.69 Å². The minimum Gasteiger partial charge on any atom is -0.463 e. The first-order valence-electron chi connectivity index (χ1n) is 8.52. The molecule has 1 fully saturated rings. The van der Waals surface area contributed by atoms with E-state index >= 15 is 0 Å². The van der Waals surface area contributed by atoms with Crippen LogP contribution in [-0.2, 0) is 23.3 Å². The van der Waals surface area contributed by atoms with Crippen LogP contribution in [0.5, 0.6) is 0 Å². The predicted octanol–water partition coefficient (Wildman–Crippen LogP) is 2.53. The van der Waals surface area contributed by atoms with Gasteiger partial charge in [-0.2, -0.15) is 4.98 Å². The summed E-state index contributed by atoms with van der Waals surface area (Å²) in [6.07, 6.45) is 0.508. The molecule has 1 atom stereocenters. The number of imide groups is 1. The molecule has 0 bridgehead atoms. The van der Waals surface area contributed by atoms with Crippen molar-refractivity contribution in [1.82, 2.24) is 20.4 Å². The Morgan fingerprint density at radius 2 is 1.93 bits per heavy atom. The molecule has 1 aliphatic heterocycles. The molecule has 3 heterocycles. The highest BCUT2D eigenvalue weighted by Crippen LogP contribution is 2.30. The second-order valence-corrected chi connectivity index (χ2v) is 6.62. The van der Waals surface area contributed by atoms with E-state index in [1.54, 1.807) is 26.0 Å². The van der Waals surface area contributed by atoms with E-state index in [-0.39, 0.29) is 12.4 Å². The van der Waals surface area contributed by atoms with Gasteiger partial charge in [-0.05, 0) is 31.5 Å². The number of furan rings is 1. The van der Waals surface area contributed by atoms with Crippen molar-refractivity contribution >= 4 is 11.9 Å². The summed E-state index contributed by atoms with van der Waals surface area (Å²) in [4.78, 5) is 30.5. The summed E-state index contributed by atoms with van der Waals surface area (Å²) in [6, 6.07) is 12.6. The smallest absolute Gasteiger partial charge is 0.325 e. The van der Waals surface area contributed by atoms with Gasteiger partial charge in [0.05, 0.1) is 0 Å². The number of aryl methyl sites for hydroxylation is 1. The lowest BCUT2D eigenvalue weighted by atomic mass is 9.99. The molecule has 3 aromatic rings. The Bertz CT molecular complexity index is 994. The lowest BCUT2D eigenvalue weighted by Crippen LogP contribution is -2.40. The number of aromatic nitrogens is 2. The van der Waals surface area contributed by atoms with Crippen molar-refractivity contribution in [1.29, 1.82) is 0 Å². The second kappa shape index (κ2) is 6.39. The molecule has 3 amide bonds. The summed E-state index contributed by atoms with van der Waals surface area (Å²) in [6.45, 7) is 3.29. The van der Waals surface area contributed by atoms with Crippen LogP contribution in [-0.4, -0.2) is 27.0 Å². The quantitative estimate of drug-likeness (QED) is 0.696. The van der Waals surface area contributed by atoms with E-state index in [2.05, 4.69) is 15.5 Å². The third-order valence-corrected chi connectivity index (χ3v) is 4.52.